The van der Waals surface area contributed by atoms with Crippen LogP contribution in [0.3, 0.4) is 0 Å². The Morgan fingerprint density at radius 1 is 1.30 bits per heavy atom. The fourth-order valence-electron chi connectivity index (χ4n) is 2.78. The van der Waals surface area contributed by atoms with Gasteiger partial charge in [-0.1, -0.05) is 11.8 Å². The smallest absolute Gasteiger partial charge is 0.433 e. The van der Waals surface area contributed by atoms with E-state index in [2.05, 4.69) is 9.97 Å². The molecule has 0 N–H and O–H groups in total. The zero-order valence-electron chi connectivity index (χ0n) is 14.7. The molecule has 6 nitrogen and oxygen atoms in total. The number of amides is 1. The lowest BCUT2D eigenvalue weighted by Crippen LogP contribution is -2.48. The van der Waals surface area contributed by atoms with E-state index >= 15 is 0 Å². The van der Waals surface area contributed by atoms with Gasteiger partial charge in [-0.2, -0.15) is 13.2 Å². The zero-order chi connectivity index (χ0) is 19.6. The van der Waals surface area contributed by atoms with Crippen molar-refractivity contribution in [3.8, 4) is 11.5 Å². The van der Waals surface area contributed by atoms with Crippen LogP contribution >= 0.6 is 11.8 Å². The molecule has 10 heteroatoms. The summed E-state index contributed by atoms with van der Waals surface area (Å²) in [6.45, 7) is 4.64. The van der Waals surface area contributed by atoms with Crippen molar-refractivity contribution in [3.05, 3.63) is 30.2 Å². The molecular formula is C17H18F3N3O3S. The largest absolute Gasteiger partial charge is 0.463 e. The highest BCUT2D eigenvalue weighted by Crippen LogP contribution is 2.32. The normalized spacial score (nSPS) is 20.7. The maximum absolute atomic E-state index is 13.1. The first-order valence-corrected chi connectivity index (χ1v) is 9.27. The summed E-state index contributed by atoms with van der Waals surface area (Å²) >= 11 is 0.870. The third-order valence-corrected chi connectivity index (χ3v) is 4.70. The van der Waals surface area contributed by atoms with Gasteiger partial charge >= 0.3 is 6.18 Å². The van der Waals surface area contributed by atoms with E-state index in [9.17, 15) is 18.0 Å². The first-order valence-electron chi connectivity index (χ1n) is 8.28. The first kappa shape index (κ1) is 19.7. The summed E-state index contributed by atoms with van der Waals surface area (Å²) in [5, 5.41) is -0.126. The van der Waals surface area contributed by atoms with Crippen LogP contribution in [0.25, 0.3) is 11.5 Å². The molecule has 0 unspecified atom stereocenters. The van der Waals surface area contributed by atoms with Gasteiger partial charge in [0.2, 0.25) is 5.91 Å². The third-order valence-electron chi connectivity index (χ3n) is 3.87. The lowest BCUT2D eigenvalue weighted by Gasteiger charge is -2.35. The van der Waals surface area contributed by atoms with E-state index < -0.39 is 11.9 Å². The maximum atomic E-state index is 13.1. The monoisotopic (exact) mass is 401 g/mol. The number of alkyl halides is 3. The highest BCUT2D eigenvalue weighted by molar-refractivity contribution is 7.99. The number of hydrogen-bond donors (Lipinski definition) is 0. The van der Waals surface area contributed by atoms with Gasteiger partial charge in [0.05, 0.1) is 24.2 Å². The van der Waals surface area contributed by atoms with Crippen LogP contribution in [0.2, 0.25) is 0 Å². The molecule has 1 fully saturated rings. The topological polar surface area (TPSA) is 68.5 Å². The van der Waals surface area contributed by atoms with Gasteiger partial charge in [0, 0.05) is 13.1 Å². The molecule has 27 heavy (non-hydrogen) atoms. The van der Waals surface area contributed by atoms with Gasteiger partial charge in [-0.05, 0) is 32.0 Å². The number of morpholine rings is 1. The number of carbonyl (C=O) groups is 1. The second-order valence-electron chi connectivity index (χ2n) is 6.24. The number of rotatable bonds is 4. The molecule has 0 aliphatic carbocycles. The van der Waals surface area contributed by atoms with Crippen LogP contribution in [0.1, 0.15) is 19.5 Å². The molecule has 1 aliphatic rings. The molecule has 0 bridgehead atoms. The fraction of sp³-hybridized carbons (Fsp3) is 0.471. The molecule has 0 saturated carbocycles. The molecule has 1 aliphatic heterocycles. The average molecular weight is 401 g/mol. The maximum Gasteiger partial charge on any atom is 0.433 e. The Morgan fingerprint density at radius 2 is 2.00 bits per heavy atom. The van der Waals surface area contributed by atoms with Gasteiger partial charge in [0.15, 0.2) is 10.9 Å². The van der Waals surface area contributed by atoms with Crippen molar-refractivity contribution in [3.63, 3.8) is 0 Å². The summed E-state index contributed by atoms with van der Waals surface area (Å²) in [5.41, 5.74) is -1.06. The van der Waals surface area contributed by atoms with Gasteiger partial charge in [-0.3, -0.25) is 4.79 Å². The third kappa shape index (κ3) is 5.01. The van der Waals surface area contributed by atoms with Crippen LogP contribution in [0.15, 0.2) is 34.0 Å². The quantitative estimate of drug-likeness (QED) is 0.577. The fourth-order valence-corrected chi connectivity index (χ4v) is 3.55. The molecule has 3 heterocycles. The SMILES string of the molecule is C[C@@H]1CN(C(=O)CSc2nc(-c3ccco3)cc(C(F)(F)F)n2)C[C@H](C)O1. The average Bonchev–Trinajstić information content (AvgIpc) is 3.12. The van der Waals surface area contributed by atoms with Crippen molar-refractivity contribution in [2.75, 3.05) is 18.8 Å². The van der Waals surface area contributed by atoms with Crippen molar-refractivity contribution in [1.29, 1.82) is 0 Å². The van der Waals surface area contributed by atoms with Crippen molar-refractivity contribution in [2.45, 2.75) is 37.4 Å². The molecular weight excluding hydrogens is 383 g/mol. The molecule has 2 aromatic heterocycles. The summed E-state index contributed by atoms with van der Waals surface area (Å²) in [6, 6.07) is 3.90. The highest BCUT2D eigenvalue weighted by Gasteiger charge is 2.34. The summed E-state index contributed by atoms with van der Waals surface area (Å²) in [4.78, 5) is 21.7. The molecule has 1 saturated heterocycles. The molecule has 0 spiro atoms. The number of thioether (sulfide) groups is 1. The second-order valence-corrected chi connectivity index (χ2v) is 7.18. The molecule has 1 amide bonds. The summed E-state index contributed by atoms with van der Waals surface area (Å²) < 4.78 is 50.1. The minimum atomic E-state index is -4.63. The van der Waals surface area contributed by atoms with Crippen molar-refractivity contribution in [2.24, 2.45) is 0 Å². The lowest BCUT2D eigenvalue weighted by molar-refractivity contribution is -0.141. The lowest BCUT2D eigenvalue weighted by atomic mass is 10.2. The number of furan rings is 1. The van der Waals surface area contributed by atoms with Crippen molar-refractivity contribution >= 4 is 17.7 Å². The molecule has 3 rings (SSSR count). The predicted octanol–water partition coefficient (Wildman–Crippen LogP) is 3.48. The molecule has 0 radical (unpaired) electrons. The number of ether oxygens (including phenoxy) is 1. The van der Waals surface area contributed by atoms with Crippen LogP contribution < -0.4 is 0 Å². The van der Waals surface area contributed by atoms with E-state index in [0.29, 0.717) is 13.1 Å². The summed E-state index contributed by atoms with van der Waals surface area (Å²) in [6.07, 6.45) is -3.45. The second kappa shape index (κ2) is 7.89. The Labute approximate surface area is 158 Å². The molecule has 2 aromatic rings. The number of hydrogen-bond acceptors (Lipinski definition) is 6. The van der Waals surface area contributed by atoms with Crippen LogP contribution in [-0.4, -0.2) is 51.8 Å². The predicted molar refractivity (Wildman–Crippen MR) is 92.0 cm³/mol. The number of halogens is 3. The van der Waals surface area contributed by atoms with Gasteiger partial charge in [0.25, 0.3) is 0 Å². The van der Waals surface area contributed by atoms with Crippen LogP contribution in [0.4, 0.5) is 13.2 Å². The number of nitrogens with zero attached hydrogens (tertiary/aromatic N) is 3. The van der Waals surface area contributed by atoms with Gasteiger partial charge in [-0.15, -0.1) is 0 Å². The molecule has 146 valence electrons. The Kier molecular flexibility index (Phi) is 5.75. The first-order chi connectivity index (χ1) is 12.7. The van der Waals surface area contributed by atoms with E-state index in [1.807, 2.05) is 13.8 Å². The van der Waals surface area contributed by atoms with Gasteiger partial charge in [-0.25, -0.2) is 9.97 Å². The molecule has 2 atom stereocenters. The van der Waals surface area contributed by atoms with E-state index in [-0.39, 0.29) is 40.5 Å². The van der Waals surface area contributed by atoms with Gasteiger partial charge in [0.1, 0.15) is 11.4 Å². The zero-order valence-corrected chi connectivity index (χ0v) is 15.5. The molecule has 0 aromatic carbocycles. The van der Waals surface area contributed by atoms with Crippen LogP contribution in [0.5, 0.6) is 0 Å². The van der Waals surface area contributed by atoms with Crippen LogP contribution in [-0.2, 0) is 15.7 Å². The number of aromatic nitrogens is 2. The Morgan fingerprint density at radius 3 is 2.59 bits per heavy atom. The minimum Gasteiger partial charge on any atom is -0.463 e. The Hall–Kier alpha value is -2.07. The van der Waals surface area contributed by atoms with E-state index in [1.165, 1.54) is 12.3 Å². The standard InChI is InChI=1S/C17H18F3N3O3S/c1-10-7-23(8-11(2)26-10)15(24)9-27-16-21-12(13-4-3-5-25-13)6-14(22-16)17(18,19)20/h3-6,10-11H,7-9H2,1-2H3/t10-,11+. The summed E-state index contributed by atoms with van der Waals surface area (Å²) in [7, 11) is 0. The van der Waals surface area contributed by atoms with Gasteiger partial charge < -0.3 is 14.1 Å². The number of carbonyl (C=O) groups excluding carboxylic acids is 1. The summed E-state index contributed by atoms with van der Waals surface area (Å²) in [5.74, 6) is -0.0484. The van der Waals surface area contributed by atoms with E-state index in [0.717, 1.165) is 17.8 Å². The van der Waals surface area contributed by atoms with E-state index in [4.69, 9.17) is 9.15 Å². The highest BCUT2D eigenvalue weighted by atomic mass is 32.2. The van der Waals surface area contributed by atoms with Crippen molar-refractivity contribution in [1.82, 2.24) is 14.9 Å². The van der Waals surface area contributed by atoms with Crippen molar-refractivity contribution < 1.29 is 27.1 Å². The Balaban J connectivity index is 1.76. The minimum absolute atomic E-state index is 0.0193. The Bertz CT molecular complexity index is 788. The van der Waals surface area contributed by atoms with Crippen LogP contribution in [0, 0.1) is 0 Å². The van der Waals surface area contributed by atoms with E-state index in [1.54, 1.807) is 11.0 Å².